The third-order valence-electron chi connectivity index (χ3n) is 2.74. The molecule has 0 aromatic carbocycles. The molecule has 1 fully saturated rings. The quantitative estimate of drug-likeness (QED) is 0.704. The molecule has 0 saturated carbocycles. The highest BCUT2D eigenvalue weighted by Crippen LogP contribution is 2.15. The first kappa shape index (κ1) is 8.72. The van der Waals surface area contributed by atoms with E-state index in [0.29, 0.717) is 6.04 Å². The molecule has 1 aromatic heterocycles. The summed E-state index contributed by atoms with van der Waals surface area (Å²) in [5.74, 6) is 0. The maximum atomic E-state index is 5.61. The first-order chi connectivity index (χ1) is 6.40. The number of likely N-dealkylation sites (tertiary alicyclic amines) is 1. The van der Waals surface area contributed by atoms with E-state index in [9.17, 15) is 0 Å². The molecule has 4 heteroatoms. The second kappa shape index (κ2) is 3.89. The van der Waals surface area contributed by atoms with E-state index in [0.717, 1.165) is 19.6 Å². The molecule has 2 N–H and O–H groups in total. The Hall–Kier alpha value is -0.870. The van der Waals surface area contributed by atoms with Crippen LogP contribution in [0, 0.1) is 0 Å². The van der Waals surface area contributed by atoms with E-state index in [1.165, 1.54) is 13.0 Å². The van der Waals surface area contributed by atoms with Gasteiger partial charge >= 0.3 is 0 Å². The summed E-state index contributed by atoms with van der Waals surface area (Å²) in [6.07, 6.45) is 6.94. The number of nitrogens with zero attached hydrogens (tertiary/aromatic N) is 3. The Bertz CT molecular complexity index is 242. The Balaban J connectivity index is 1.74. The minimum atomic E-state index is 0.628. The molecule has 72 valence electrons. The van der Waals surface area contributed by atoms with Crippen LogP contribution < -0.4 is 5.73 Å². The number of nitrogens with two attached hydrogens (primary N) is 1. The molecule has 2 rings (SSSR count). The van der Waals surface area contributed by atoms with Crippen LogP contribution in [0.5, 0.6) is 0 Å². The number of aromatic nitrogens is 2. The van der Waals surface area contributed by atoms with Crippen LogP contribution in [-0.2, 0) is 6.54 Å². The van der Waals surface area contributed by atoms with Crippen molar-refractivity contribution in [2.75, 3.05) is 19.6 Å². The summed E-state index contributed by atoms with van der Waals surface area (Å²) in [5.41, 5.74) is 5.61. The van der Waals surface area contributed by atoms with E-state index < -0.39 is 0 Å². The Kier molecular flexibility index (Phi) is 2.61. The van der Waals surface area contributed by atoms with Crippen LogP contribution in [0.2, 0.25) is 0 Å². The summed E-state index contributed by atoms with van der Waals surface area (Å²) in [7, 11) is 0. The van der Waals surface area contributed by atoms with Crippen LogP contribution in [0.25, 0.3) is 0 Å². The van der Waals surface area contributed by atoms with Crippen molar-refractivity contribution >= 4 is 0 Å². The summed E-state index contributed by atoms with van der Waals surface area (Å²) in [6.45, 7) is 4.12. The van der Waals surface area contributed by atoms with E-state index in [4.69, 9.17) is 5.73 Å². The molecule has 0 spiro atoms. The molecule has 0 radical (unpaired) electrons. The lowest BCUT2D eigenvalue weighted by atomic mass is 10.0. The van der Waals surface area contributed by atoms with Gasteiger partial charge in [-0.1, -0.05) is 0 Å². The summed E-state index contributed by atoms with van der Waals surface area (Å²) in [5, 5.41) is 0. The van der Waals surface area contributed by atoms with Crippen LogP contribution in [0.3, 0.4) is 0 Å². The minimum Gasteiger partial charge on any atom is -0.336 e. The van der Waals surface area contributed by atoms with Crippen LogP contribution in [0.4, 0.5) is 0 Å². The predicted octanol–water partition coefficient (Wildman–Crippen LogP) is -0.0839. The van der Waals surface area contributed by atoms with E-state index in [-0.39, 0.29) is 0 Å². The Morgan fingerprint density at radius 1 is 1.46 bits per heavy atom. The molecule has 13 heavy (non-hydrogen) atoms. The third-order valence-corrected chi connectivity index (χ3v) is 2.74. The fourth-order valence-corrected chi connectivity index (χ4v) is 1.72. The lowest BCUT2D eigenvalue weighted by Crippen LogP contribution is -2.52. The van der Waals surface area contributed by atoms with E-state index >= 15 is 0 Å². The van der Waals surface area contributed by atoms with Gasteiger partial charge in [0.15, 0.2) is 0 Å². The molecule has 1 aliphatic rings. The van der Waals surface area contributed by atoms with Crippen LogP contribution in [-0.4, -0.2) is 40.1 Å². The second-order valence-electron chi connectivity index (χ2n) is 3.51. The van der Waals surface area contributed by atoms with Crippen molar-refractivity contribution in [3.05, 3.63) is 18.7 Å². The number of hydrogen-bond acceptors (Lipinski definition) is 3. The number of imidazole rings is 1. The zero-order valence-electron chi connectivity index (χ0n) is 7.76. The number of hydrogen-bond donors (Lipinski definition) is 1. The van der Waals surface area contributed by atoms with E-state index in [1.54, 1.807) is 0 Å². The zero-order chi connectivity index (χ0) is 9.10. The number of rotatable bonds is 4. The van der Waals surface area contributed by atoms with Crippen molar-refractivity contribution in [1.29, 1.82) is 0 Å². The van der Waals surface area contributed by atoms with Gasteiger partial charge in [-0.15, -0.1) is 0 Å². The van der Waals surface area contributed by atoms with Gasteiger partial charge in [-0.3, -0.25) is 4.90 Å². The normalized spacial score (nSPS) is 23.0. The molecule has 0 amide bonds. The third kappa shape index (κ3) is 1.89. The van der Waals surface area contributed by atoms with Gasteiger partial charge in [0, 0.05) is 44.6 Å². The first-order valence-corrected chi connectivity index (χ1v) is 4.80. The zero-order valence-corrected chi connectivity index (χ0v) is 7.76. The summed E-state index contributed by atoms with van der Waals surface area (Å²) in [4.78, 5) is 6.43. The van der Waals surface area contributed by atoms with Gasteiger partial charge in [-0.25, -0.2) is 4.98 Å². The molecule has 1 atom stereocenters. The molecule has 4 nitrogen and oxygen atoms in total. The van der Waals surface area contributed by atoms with Gasteiger partial charge in [0.1, 0.15) is 0 Å². The van der Waals surface area contributed by atoms with Crippen molar-refractivity contribution in [3.63, 3.8) is 0 Å². The highest BCUT2D eigenvalue weighted by atomic mass is 15.2. The topological polar surface area (TPSA) is 47.1 Å². The summed E-state index contributed by atoms with van der Waals surface area (Å²) < 4.78 is 2.10. The standard InChI is InChI=1S/C9H16N4/c10-7-9-1-3-13(9)6-5-12-4-2-11-8-12/h2,4,8-9H,1,3,5-7,10H2. The largest absolute Gasteiger partial charge is 0.336 e. The molecule has 1 saturated heterocycles. The smallest absolute Gasteiger partial charge is 0.0946 e. The van der Waals surface area contributed by atoms with Crippen LogP contribution in [0.1, 0.15) is 6.42 Å². The fourth-order valence-electron chi connectivity index (χ4n) is 1.72. The Morgan fingerprint density at radius 3 is 2.92 bits per heavy atom. The molecule has 1 aromatic rings. The Labute approximate surface area is 78.4 Å². The molecule has 1 aliphatic heterocycles. The SMILES string of the molecule is NCC1CCN1CCn1ccnc1. The maximum absolute atomic E-state index is 5.61. The van der Waals surface area contributed by atoms with Crippen LogP contribution in [0.15, 0.2) is 18.7 Å². The van der Waals surface area contributed by atoms with Gasteiger partial charge in [-0.2, -0.15) is 0 Å². The first-order valence-electron chi connectivity index (χ1n) is 4.80. The lowest BCUT2D eigenvalue weighted by molar-refractivity contribution is 0.0924. The average molecular weight is 180 g/mol. The Morgan fingerprint density at radius 2 is 2.38 bits per heavy atom. The maximum Gasteiger partial charge on any atom is 0.0946 e. The highest BCUT2D eigenvalue weighted by Gasteiger charge is 2.25. The monoisotopic (exact) mass is 180 g/mol. The van der Waals surface area contributed by atoms with Gasteiger partial charge in [0.2, 0.25) is 0 Å². The average Bonchev–Trinajstić information content (AvgIpc) is 2.56. The minimum absolute atomic E-state index is 0.628. The van der Waals surface area contributed by atoms with E-state index in [2.05, 4.69) is 14.5 Å². The summed E-state index contributed by atoms with van der Waals surface area (Å²) in [6, 6.07) is 0.628. The second-order valence-corrected chi connectivity index (χ2v) is 3.51. The van der Waals surface area contributed by atoms with Gasteiger partial charge in [0.05, 0.1) is 6.33 Å². The molecule has 0 bridgehead atoms. The molecule has 1 unspecified atom stereocenters. The van der Waals surface area contributed by atoms with Gasteiger partial charge in [0.25, 0.3) is 0 Å². The molecule has 2 heterocycles. The van der Waals surface area contributed by atoms with Crippen molar-refractivity contribution in [3.8, 4) is 0 Å². The van der Waals surface area contributed by atoms with E-state index in [1.807, 2.05) is 18.7 Å². The fraction of sp³-hybridized carbons (Fsp3) is 0.667. The predicted molar refractivity (Wildman–Crippen MR) is 51.3 cm³/mol. The van der Waals surface area contributed by atoms with Gasteiger partial charge in [-0.05, 0) is 6.42 Å². The molecule has 0 aliphatic carbocycles. The van der Waals surface area contributed by atoms with Crippen molar-refractivity contribution in [1.82, 2.24) is 14.5 Å². The molecular weight excluding hydrogens is 164 g/mol. The summed E-state index contributed by atoms with van der Waals surface area (Å²) >= 11 is 0. The van der Waals surface area contributed by atoms with Gasteiger partial charge < -0.3 is 10.3 Å². The van der Waals surface area contributed by atoms with Crippen molar-refractivity contribution in [2.24, 2.45) is 5.73 Å². The van der Waals surface area contributed by atoms with Crippen molar-refractivity contribution < 1.29 is 0 Å². The lowest BCUT2D eigenvalue weighted by Gasteiger charge is -2.40. The highest BCUT2D eigenvalue weighted by molar-refractivity contribution is 4.84. The van der Waals surface area contributed by atoms with Crippen LogP contribution >= 0.6 is 0 Å². The van der Waals surface area contributed by atoms with Crippen molar-refractivity contribution in [2.45, 2.75) is 19.0 Å². The molecular formula is C9H16N4.